The molecule has 0 fully saturated rings. The van der Waals surface area contributed by atoms with Crippen LogP contribution in [-0.2, 0) is 20.9 Å². The van der Waals surface area contributed by atoms with Crippen molar-refractivity contribution in [2.75, 3.05) is 19.4 Å². The van der Waals surface area contributed by atoms with E-state index in [2.05, 4.69) is 19.6 Å². The van der Waals surface area contributed by atoms with Crippen LogP contribution < -0.4 is 5.32 Å². The SMILES string of the molecule is COC(=O)CNC(=O)CSc1nc2cc(Cl)ccc2n1Cc1ccccc1. The van der Waals surface area contributed by atoms with Crippen LogP contribution in [0.15, 0.2) is 53.7 Å². The number of rotatable bonds is 7. The molecule has 0 saturated heterocycles. The molecule has 8 heteroatoms. The molecule has 1 heterocycles. The third-order valence-electron chi connectivity index (χ3n) is 3.85. The topological polar surface area (TPSA) is 73.2 Å². The number of fused-ring (bicyclic) bond motifs is 1. The number of nitrogens with one attached hydrogen (secondary N) is 1. The fraction of sp³-hybridized carbons (Fsp3) is 0.211. The maximum absolute atomic E-state index is 12.0. The second kappa shape index (κ2) is 8.92. The Labute approximate surface area is 165 Å². The van der Waals surface area contributed by atoms with Crippen molar-refractivity contribution < 1.29 is 14.3 Å². The molecule has 3 aromatic rings. The van der Waals surface area contributed by atoms with Crippen LogP contribution in [0, 0.1) is 0 Å². The quantitative estimate of drug-likeness (QED) is 0.484. The maximum atomic E-state index is 12.0. The molecule has 2 aromatic carbocycles. The highest BCUT2D eigenvalue weighted by Gasteiger charge is 2.14. The number of hydrogen-bond acceptors (Lipinski definition) is 5. The van der Waals surface area contributed by atoms with Crippen LogP contribution in [0.1, 0.15) is 5.56 Å². The number of methoxy groups -OCH3 is 1. The lowest BCUT2D eigenvalue weighted by Crippen LogP contribution is -2.31. The van der Waals surface area contributed by atoms with E-state index in [0.717, 1.165) is 16.6 Å². The summed E-state index contributed by atoms with van der Waals surface area (Å²) in [6.45, 7) is 0.483. The Balaban J connectivity index is 1.80. The molecule has 0 aliphatic carbocycles. The summed E-state index contributed by atoms with van der Waals surface area (Å²) in [4.78, 5) is 27.7. The van der Waals surface area contributed by atoms with Gasteiger partial charge in [-0.25, -0.2) is 4.98 Å². The van der Waals surface area contributed by atoms with E-state index in [1.165, 1.54) is 18.9 Å². The average Bonchev–Trinajstić information content (AvgIpc) is 3.01. The van der Waals surface area contributed by atoms with Gasteiger partial charge in [0.05, 0.1) is 30.4 Å². The highest BCUT2D eigenvalue weighted by atomic mass is 35.5. The van der Waals surface area contributed by atoms with Gasteiger partial charge in [-0.3, -0.25) is 9.59 Å². The maximum Gasteiger partial charge on any atom is 0.325 e. The monoisotopic (exact) mass is 403 g/mol. The fourth-order valence-electron chi connectivity index (χ4n) is 2.53. The molecule has 1 amide bonds. The minimum Gasteiger partial charge on any atom is -0.468 e. The Morgan fingerprint density at radius 3 is 2.74 bits per heavy atom. The van der Waals surface area contributed by atoms with Crippen LogP contribution in [0.5, 0.6) is 0 Å². The molecular weight excluding hydrogens is 386 g/mol. The first-order chi connectivity index (χ1) is 13.1. The van der Waals surface area contributed by atoms with E-state index in [4.69, 9.17) is 11.6 Å². The molecule has 27 heavy (non-hydrogen) atoms. The predicted octanol–water partition coefficient (Wildman–Crippen LogP) is 3.12. The minimum absolute atomic E-state index is 0.142. The lowest BCUT2D eigenvalue weighted by atomic mass is 10.2. The Morgan fingerprint density at radius 1 is 1.22 bits per heavy atom. The number of nitrogens with zero attached hydrogens (tertiary/aromatic N) is 2. The van der Waals surface area contributed by atoms with Gasteiger partial charge in [-0.1, -0.05) is 53.7 Å². The van der Waals surface area contributed by atoms with Crippen molar-refractivity contribution in [1.29, 1.82) is 0 Å². The summed E-state index contributed by atoms with van der Waals surface area (Å²) in [5.41, 5.74) is 2.85. The third kappa shape index (κ3) is 5.02. The molecule has 0 aliphatic heterocycles. The third-order valence-corrected chi connectivity index (χ3v) is 5.06. The predicted molar refractivity (Wildman–Crippen MR) is 106 cm³/mol. The van der Waals surface area contributed by atoms with Crippen LogP contribution in [-0.4, -0.2) is 40.8 Å². The van der Waals surface area contributed by atoms with Gasteiger partial charge in [0.15, 0.2) is 5.16 Å². The van der Waals surface area contributed by atoms with E-state index in [1.54, 1.807) is 6.07 Å². The summed E-state index contributed by atoms with van der Waals surface area (Å²) in [7, 11) is 1.28. The van der Waals surface area contributed by atoms with Gasteiger partial charge in [0, 0.05) is 5.02 Å². The van der Waals surface area contributed by atoms with Crippen molar-refractivity contribution >= 4 is 46.3 Å². The van der Waals surface area contributed by atoms with Crippen LogP contribution >= 0.6 is 23.4 Å². The van der Waals surface area contributed by atoms with Crippen LogP contribution in [0.2, 0.25) is 5.02 Å². The fourth-order valence-corrected chi connectivity index (χ4v) is 3.54. The first-order valence-corrected chi connectivity index (χ1v) is 9.59. The molecule has 0 bridgehead atoms. The molecule has 0 atom stereocenters. The summed E-state index contributed by atoms with van der Waals surface area (Å²) in [5.74, 6) is -0.607. The molecular formula is C19H18ClN3O3S. The van der Waals surface area contributed by atoms with Gasteiger partial charge in [0.1, 0.15) is 6.54 Å². The second-order valence-corrected chi connectivity index (χ2v) is 7.12. The summed E-state index contributed by atoms with van der Waals surface area (Å²) in [5, 5.41) is 3.85. The van der Waals surface area contributed by atoms with E-state index in [9.17, 15) is 9.59 Å². The smallest absolute Gasteiger partial charge is 0.325 e. The van der Waals surface area contributed by atoms with Crippen molar-refractivity contribution in [3.63, 3.8) is 0 Å². The van der Waals surface area contributed by atoms with E-state index in [1.807, 2.05) is 42.5 Å². The Hall–Kier alpha value is -2.51. The molecule has 1 N–H and O–H groups in total. The zero-order chi connectivity index (χ0) is 19.2. The molecule has 0 aliphatic rings. The van der Waals surface area contributed by atoms with Crippen molar-refractivity contribution in [3.8, 4) is 0 Å². The Kier molecular flexibility index (Phi) is 6.36. The zero-order valence-corrected chi connectivity index (χ0v) is 16.2. The van der Waals surface area contributed by atoms with Crippen LogP contribution in [0.3, 0.4) is 0 Å². The lowest BCUT2D eigenvalue weighted by molar-refractivity contribution is -0.140. The summed E-state index contributed by atoms with van der Waals surface area (Å²) in [6.07, 6.45) is 0. The summed E-state index contributed by atoms with van der Waals surface area (Å²) < 4.78 is 6.57. The Bertz CT molecular complexity index is 959. The van der Waals surface area contributed by atoms with Gasteiger partial charge >= 0.3 is 5.97 Å². The summed E-state index contributed by atoms with van der Waals surface area (Å²) in [6, 6.07) is 15.6. The number of ether oxygens (including phenoxy) is 1. The van der Waals surface area contributed by atoms with Gasteiger partial charge in [-0.15, -0.1) is 0 Å². The van der Waals surface area contributed by atoms with Gasteiger partial charge in [0.2, 0.25) is 5.91 Å². The molecule has 6 nitrogen and oxygen atoms in total. The standard InChI is InChI=1S/C19H18ClN3O3S/c1-26-18(25)10-21-17(24)12-27-19-22-15-9-14(20)7-8-16(15)23(19)11-13-5-3-2-4-6-13/h2-9H,10-12H2,1H3,(H,21,24). The van der Waals surface area contributed by atoms with E-state index in [0.29, 0.717) is 16.7 Å². The van der Waals surface area contributed by atoms with Crippen LogP contribution in [0.4, 0.5) is 0 Å². The highest BCUT2D eigenvalue weighted by Crippen LogP contribution is 2.27. The second-order valence-electron chi connectivity index (χ2n) is 5.74. The number of carbonyl (C=O) groups excluding carboxylic acids is 2. The first kappa shape index (κ1) is 19.3. The molecule has 0 unspecified atom stereocenters. The number of amides is 1. The molecule has 1 aromatic heterocycles. The van der Waals surface area contributed by atoms with Gasteiger partial charge in [0.25, 0.3) is 0 Å². The van der Waals surface area contributed by atoms with E-state index < -0.39 is 5.97 Å². The van der Waals surface area contributed by atoms with Gasteiger partial charge < -0.3 is 14.6 Å². The zero-order valence-electron chi connectivity index (χ0n) is 14.6. The van der Waals surface area contributed by atoms with Crippen molar-refractivity contribution in [2.45, 2.75) is 11.7 Å². The number of imidazole rings is 1. The first-order valence-electron chi connectivity index (χ1n) is 8.23. The van der Waals surface area contributed by atoms with E-state index >= 15 is 0 Å². The molecule has 0 radical (unpaired) electrons. The molecule has 0 saturated carbocycles. The normalized spacial score (nSPS) is 10.7. The van der Waals surface area contributed by atoms with Gasteiger partial charge in [-0.05, 0) is 23.8 Å². The molecule has 0 spiro atoms. The summed E-state index contributed by atoms with van der Waals surface area (Å²) >= 11 is 7.40. The van der Waals surface area contributed by atoms with Crippen LogP contribution in [0.25, 0.3) is 11.0 Å². The Morgan fingerprint density at radius 2 is 2.00 bits per heavy atom. The number of esters is 1. The number of carbonyl (C=O) groups is 2. The largest absolute Gasteiger partial charge is 0.468 e. The van der Waals surface area contributed by atoms with E-state index in [-0.39, 0.29) is 18.2 Å². The highest BCUT2D eigenvalue weighted by molar-refractivity contribution is 7.99. The minimum atomic E-state index is -0.487. The molecule has 140 valence electrons. The average molecular weight is 404 g/mol. The number of aromatic nitrogens is 2. The number of hydrogen-bond donors (Lipinski definition) is 1. The lowest BCUT2D eigenvalue weighted by Gasteiger charge is -2.09. The number of thioether (sulfide) groups is 1. The number of benzene rings is 2. The molecule has 3 rings (SSSR count). The number of halogens is 1. The van der Waals surface area contributed by atoms with Gasteiger partial charge in [-0.2, -0.15) is 0 Å². The van der Waals surface area contributed by atoms with Crippen molar-refractivity contribution in [3.05, 3.63) is 59.1 Å². The van der Waals surface area contributed by atoms with Crippen molar-refractivity contribution in [1.82, 2.24) is 14.9 Å². The van der Waals surface area contributed by atoms with Crippen molar-refractivity contribution in [2.24, 2.45) is 0 Å².